The Balaban J connectivity index is 1.60. The quantitative estimate of drug-likeness (QED) is 0.196. The number of carbonyl (C=O) groups is 1. The molecule has 0 radical (unpaired) electrons. The van der Waals surface area contributed by atoms with Crippen LogP contribution in [-0.4, -0.2) is 44.4 Å². The van der Waals surface area contributed by atoms with E-state index in [1.54, 1.807) is 0 Å². The van der Waals surface area contributed by atoms with Crippen molar-refractivity contribution in [1.82, 2.24) is 0 Å². The van der Waals surface area contributed by atoms with Gasteiger partial charge in [0, 0.05) is 30.2 Å². The molecule has 4 rings (SSSR count). The molecule has 0 spiro atoms. The Morgan fingerprint density at radius 2 is 1.97 bits per heavy atom. The number of benzene rings is 1. The number of unbranched alkanes of at least 4 members (excludes halogenated alkanes) is 2. The summed E-state index contributed by atoms with van der Waals surface area (Å²) in [6, 6.07) is 6.56. The second-order valence-corrected chi connectivity index (χ2v) is 12.7. The molecule has 0 amide bonds. The molecule has 1 fully saturated rings. The highest BCUT2D eigenvalue weighted by molar-refractivity contribution is 5.73. The maximum Gasteiger partial charge on any atom is 0.311 e. The number of nitrogens with one attached hydrogen (secondary N) is 1. The van der Waals surface area contributed by atoms with Crippen molar-refractivity contribution in [2.24, 2.45) is 5.92 Å². The predicted octanol–water partition coefficient (Wildman–Crippen LogP) is 5.26. The van der Waals surface area contributed by atoms with E-state index >= 15 is 0 Å². The summed E-state index contributed by atoms with van der Waals surface area (Å²) in [5.74, 6) is 2.01. The van der Waals surface area contributed by atoms with Crippen molar-refractivity contribution in [3.63, 3.8) is 0 Å². The van der Waals surface area contributed by atoms with Crippen molar-refractivity contribution in [2.75, 3.05) is 32.8 Å². The van der Waals surface area contributed by atoms with E-state index in [1.165, 1.54) is 10.5 Å². The normalized spacial score (nSPS) is 22.9. The highest BCUT2D eigenvalue weighted by Crippen LogP contribution is 2.55. The monoisotopic (exact) mass is 523 g/mol. The van der Waals surface area contributed by atoms with Crippen LogP contribution in [0.3, 0.4) is 0 Å². The topological polar surface area (TPSA) is 73.0 Å². The molecular formula is C32H47N2O4+. The highest BCUT2D eigenvalue weighted by atomic mass is 16.5. The van der Waals surface area contributed by atoms with E-state index in [-0.39, 0.29) is 22.9 Å². The molecule has 0 unspecified atom stereocenters. The first-order valence-electron chi connectivity index (χ1n) is 14.6. The van der Waals surface area contributed by atoms with Crippen LogP contribution in [0.5, 0.6) is 11.5 Å². The third-order valence-electron chi connectivity index (χ3n) is 8.95. The van der Waals surface area contributed by atoms with Crippen molar-refractivity contribution in [2.45, 2.75) is 103 Å². The Labute approximate surface area is 229 Å². The molecule has 38 heavy (non-hydrogen) atoms. The number of carbonyl (C=O) groups excluding carboxylic acids is 1. The van der Waals surface area contributed by atoms with Gasteiger partial charge in [0.05, 0.1) is 32.2 Å². The summed E-state index contributed by atoms with van der Waals surface area (Å²) >= 11 is 0. The zero-order chi connectivity index (χ0) is 27.3. The van der Waals surface area contributed by atoms with Gasteiger partial charge in [0.15, 0.2) is 0 Å². The molecule has 6 nitrogen and oxygen atoms in total. The number of ether oxygens (including phenoxy) is 3. The second kappa shape index (κ2) is 12.2. The summed E-state index contributed by atoms with van der Waals surface area (Å²) in [6.45, 7) is 15.7. The first kappa shape index (κ1) is 28.6. The van der Waals surface area contributed by atoms with E-state index in [0.29, 0.717) is 24.5 Å². The van der Waals surface area contributed by atoms with E-state index in [1.807, 2.05) is 0 Å². The molecule has 1 aliphatic carbocycles. The van der Waals surface area contributed by atoms with Gasteiger partial charge < -0.3 is 19.1 Å². The van der Waals surface area contributed by atoms with E-state index in [2.05, 4.69) is 58.9 Å². The predicted molar refractivity (Wildman–Crippen MR) is 149 cm³/mol. The number of nitriles is 1. The summed E-state index contributed by atoms with van der Waals surface area (Å²) in [4.78, 5) is 14.7. The van der Waals surface area contributed by atoms with Gasteiger partial charge in [-0.1, -0.05) is 31.9 Å². The van der Waals surface area contributed by atoms with Crippen molar-refractivity contribution >= 4 is 5.97 Å². The molecule has 1 aromatic rings. The van der Waals surface area contributed by atoms with Crippen LogP contribution < -0.4 is 14.4 Å². The fourth-order valence-corrected chi connectivity index (χ4v) is 6.50. The molecule has 3 aliphatic rings. The summed E-state index contributed by atoms with van der Waals surface area (Å²) in [5, 5.41) is 8.94. The van der Waals surface area contributed by atoms with Gasteiger partial charge in [-0.25, -0.2) is 0 Å². The molecule has 2 heterocycles. The van der Waals surface area contributed by atoms with Crippen LogP contribution in [0.2, 0.25) is 0 Å². The molecule has 6 heteroatoms. The molecule has 2 atom stereocenters. The van der Waals surface area contributed by atoms with E-state index in [9.17, 15) is 4.79 Å². The zero-order valence-corrected chi connectivity index (χ0v) is 24.2. The Bertz CT molecular complexity index is 1060. The first-order chi connectivity index (χ1) is 18.1. The van der Waals surface area contributed by atoms with Crippen molar-refractivity contribution < 1.29 is 23.9 Å². The number of hydrogen-bond acceptors (Lipinski definition) is 5. The Morgan fingerprint density at radius 1 is 1.21 bits per heavy atom. The summed E-state index contributed by atoms with van der Waals surface area (Å²) in [5.41, 5.74) is 3.16. The average molecular weight is 524 g/mol. The molecule has 1 N–H and O–H groups in total. The summed E-state index contributed by atoms with van der Waals surface area (Å²) in [7, 11) is 0. The molecule has 208 valence electrons. The Hall–Kier alpha value is -2.36. The van der Waals surface area contributed by atoms with Crippen LogP contribution in [0.4, 0.5) is 0 Å². The Kier molecular flexibility index (Phi) is 9.21. The maximum atomic E-state index is 13.2. The van der Waals surface area contributed by atoms with Crippen LogP contribution in [0, 0.1) is 17.2 Å². The minimum Gasteiger partial charge on any atom is -0.487 e. The molecule has 0 saturated carbocycles. The van der Waals surface area contributed by atoms with Gasteiger partial charge in [0.25, 0.3) is 0 Å². The van der Waals surface area contributed by atoms with Gasteiger partial charge in [-0.15, -0.1) is 0 Å². The van der Waals surface area contributed by atoms with Gasteiger partial charge >= 0.3 is 5.97 Å². The maximum absolute atomic E-state index is 13.2. The number of esters is 1. The molecule has 1 aromatic carbocycles. The number of allylic oxidation sites excluding steroid dienone is 2. The smallest absolute Gasteiger partial charge is 0.311 e. The standard InChI is InChI=1S/C32H46N2O4/c1-23-11-12-26-25(20-23)30-27(37-29(35)10-9-15-34-16-18-36-19-17-34)21-24(22-28(30)38-32(26,4)5)31(2,3)13-7-6-8-14-33/h11,21-22,25-26H,6-10,12-13,15-20H2,1-5H3/p+1/t25-,26-/m1/s1. The van der Waals surface area contributed by atoms with Crippen LogP contribution in [0.1, 0.15) is 103 Å². The van der Waals surface area contributed by atoms with E-state index in [0.717, 1.165) is 88.2 Å². The lowest BCUT2D eigenvalue weighted by Gasteiger charge is -2.47. The van der Waals surface area contributed by atoms with Crippen molar-refractivity contribution in [3.05, 3.63) is 34.9 Å². The lowest BCUT2D eigenvalue weighted by Crippen LogP contribution is -3.14. The molecular weight excluding hydrogens is 476 g/mol. The summed E-state index contributed by atoms with van der Waals surface area (Å²) < 4.78 is 18.4. The van der Waals surface area contributed by atoms with Gasteiger partial charge in [-0.05, 0) is 69.6 Å². The number of rotatable bonds is 10. The fraction of sp³-hybridized carbons (Fsp3) is 0.688. The van der Waals surface area contributed by atoms with Crippen LogP contribution >= 0.6 is 0 Å². The van der Waals surface area contributed by atoms with Gasteiger partial charge in [-0.2, -0.15) is 5.26 Å². The van der Waals surface area contributed by atoms with Gasteiger partial charge in [0.2, 0.25) is 0 Å². The zero-order valence-electron chi connectivity index (χ0n) is 24.2. The summed E-state index contributed by atoms with van der Waals surface area (Å²) in [6.07, 6.45) is 8.95. The average Bonchev–Trinajstić information content (AvgIpc) is 2.86. The van der Waals surface area contributed by atoms with Crippen LogP contribution in [0.15, 0.2) is 23.8 Å². The number of nitrogens with zero attached hydrogens (tertiary/aromatic N) is 1. The van der Waals surface area contributed by atoms with Gasteiger partial charge in [0.1, 0.15) is 30.2 Å². The van der Waals surface area contributed by atoms with Crippen molar-refractivity contribution in [1.29, 1.82) is 5.26 Å². The lowest BCUT2D eigenvalue weighted by atomic mass is 9.66. The Morgan fingerprint density at radius 3 is 2.71 bits per heavy atom. The lowest BCUT2D eigenvalue weighted by molar-refractivity contribution is -0.908. The van der Waals surface area contributed by atoms with Crippen LogP contribution in [-0.2, 0) is 14.9 Å². The van der Waals surface area contributed by atoms with Gasteiger partial charge in [-0.3, -0.25) is 4.79 Å². The first-order valence-corrected chi connectivity index (χ1v) is 14.6. The molecule has 2 aliphatic heterocycles. The van der Waals surface area contributed by atoms with Crippen molar-refractivity contribution in [3.8, 4) is 17.6 Å². The number of quaternary nitrogens is 1. The third kappa shape index (κ3) is 6.79. The highest BCUT2D eigenvalue weighted by Gasteiger charge is 2.46. The SMILES string of the molecule is CC1=CC[C@@H]2[C@@H](C1)c1c(OC(=O)CCC[NH+]3CCOCC3)cc(C(C)(C)CCCCC#N)cc1OC2(C)C. The number of fused-ring (bicyclic) bond motifs is 3. The number of morpholine rings is 1. The van der Waals surface area contributed by atoms with Crippen LogP contribution in [0.25, 0.3) is 0 Å². The minimum atomic E-state index is -0.299. The van der Waals surface area contributed by atoms with E-state index < -0.39 is 0 Å². The number of hydrogen-bond donors (Lipinski definition) is 1. The van der Waals surface area contributed by atoms with E-state index in [4.69, 9.17) is 19.5 Å². The molecule has 1 saturated heterocycles. The molecule has 0 aromatic heterocycles. The third-order valence-corrected chi connectivity index (χ3v) is 8.95. The minimum absolute atomic E-state index is 0.127. The molecule has 0 bridgehead atoms. The largest absolute Gasteiger partial charge is 0.487 e. The fourth-order valence-electron chi connectivity index (χ4n) is 6.50. The second-order valence-electron chi connectivity index (χ2n) is 12.7.